The number of nitrogens with zero attached hydrogens (tertiary/aromatic N) is 1. The van der Waals surface area contributed by atoms with E-state index < -0.39 is 0 Å². The van der Waals surface area contributed by atoms with Gasteiger partial charge < -0.3 is 15.4 Å². The maximum absolute atomic E-state index is 5.66. The van der Waals surface area contributed by atoms with Crippen LogP contribution in [0.25, 0.3) is 0 Å². The van der Waals surface area contributed by atoms with Crippen molar-refractivity contribution in [2.75, 3.05) is 26.3 Å². The fourth-order valence-corrected chi connectivity index (χ4v) is 2.81. The molecule has 126 valence electrons. The molecule has 2 unspecified atom stereocenters. The smallest absolute Gasteiger partial charge is 0.191 e. The lowest BCUT2D eigenvalue weighted by atomic mass is 10.1. The first kappa shape index (κ1) is 16.3. The lowest BCUT2D eigenvalue weighted by molar-refractivity contribution is 0.123. The number of guanidine groups is 1. The largest absolute Gasteiger partial charge is 0.381 e. The van der Waals surface area contributed by atoms with E-state index in [0.29, 0.717) is 12.0 Å². The zero-order valence-corrected chi connectivity index (χ0v) is 14.1. The zero-order valence-electron chi connectivity index (χ0n) is 14.1. The van der Waals surface area contributed by atoms with Crippen LogP contribution in [0.3, 0.4) is 0 Å². The van der Waals surface area contributed by atoms with Crippen molar-refractivity contribution < 1.29 is 4.74 Å². The van der Waals surface area contributed by atoms with Gasteiger partial charge in [-0.25, -0.2) is 0 Å². The molecule has 2 aliphatic rings. The molecule has 1 aromatic rings. The van der Waals surface area contributed by atoms with Crippen LogP contribution in [-0.2, 0) is 4.74 Å². The van der Waals surface area contributed by atoms with E-state index in [2.05, 4.69) is 52.9 Å². The molecule has 0 radical (unpaired) electrons. The summed E-state index contributed by atoms with van der Waals surface area (Å²) >= 11 is 0. The van der Waals surface area contributed by atoms with Gasteiger partial charge in [-0.1, -0.05) is 30.3 Å². The molecule has 0 saturated heterocycles. The second-order valence-electron chi connectivity index (χ2n) is 6.64. The van der Waals surface area contributed by atoms with E-state index in [9.17, 15) is 0 Å². The molecule has 0 amide bonds. The van der Waals surface area contributed by atoms with Crippen molar-refractivity contribution >= 4 is 5.96 Å². The van der Waals surface area contributed by atoms with Gasteiger partial charge in [0.15, 0.2) is 5.96 Å². The number of aliphatic imine (C=N–C) groups is 1. The Kier molecular flexibility index (Phi) is 5.92. The predicted octanol–water partition coefficient (Wildman–Crippen LogP) is 2.91. The van der Waals surface area contributed by atoms with Crippen LogP contribution in [0, 0.1) is 5.92 Å². The summed E-state index contributed by atoms with van der Waals surface area (Å²) in [5.74, 6) is 2.42. The van der Waals surface area contributed by atoms with Gasteiger partial charge in [-0.2, -0.15) is 0 Å². The second-order valence-corrected chi connectivity index (χ2v) is 6.64. The molecule has 3 rings (SSSR count). The minimum Gasteiger partial charge on any atom is -0.381 e. The number of ether oxygens (including phenoxy) is 1. The lowest BCUT2D eigenvalue weighted by Crippen LogP contribution is -2.39. The highest BCUT2D eigenvalue weighted by Gasteiger charge is 2.38. The van der Waals surface area contributed by atoms with Gasteiger partial charge in [0.25, 0.3) is 0 Å². The van der Waals surface area contributed by atoms with Gasteiger partial charge in [0, 0.05) is 38.3 Å². The van der Waals surface area contributed by atoms with Gasteiger partial charge in [-0.3, -0.25) is 4.99 Å². The van der Waals surface area contributed by atoms with Crippen LogP contribution in [0.15, 0.2) is 35.3 Å². The first-order valence-electron chi connectivity index (χ1n) is 9.04. The van der Waals surface area contributed by atoms with Gasteiger partial charge in [0.1, 0.15) is 0 Å². The molecule has 2 aliphatic carbocycles. The Labute approximate surface area is 139 Å². The molecule has 0 bridgehead atoms. The van der Waals surface area contributed by atoms with E-state index in [-0.39, 0.29) is 0 Å². The zero-order chi connectivity index (χ0) is 15.9. The van der Waals surface area contributed by atoms with Crippen molar-refractivity contribution in [3.63, 3.8) is 0 Å². The molecule has 2 N–H and O–H groups in total. The first-order chi connectivity index (χ1) is 11.4. The molecule has 2 atom stereocenters. The van der Waals surface area contributed by atoms with Gasteiger partial charge >= 0.3 is 0 Å². The molecule has 0 spiro atoms. The minimum atomic E-state index is 0.515. The fraction of sp³-hybridized carbons (Fsp3) is 0.632. The third kappa shape index (κ3) is 5.54. The van der Waals surface area contributed by atoms with Gasteiger partial charge in [-0.05, 0) is 44.1 Å². The number of benzene rings is 1. The standard InChI is InChI=1S/C19H29N3O/c1-2-20-19(21-11-6-12-23-14-15-9-10-15)22-18-13-17(18)16-7-4-3-5-8-16/h3-5,7-8,15,17-18H,2,6,9-14H2,1H3,(H2,20,21,22). The van der Waals surface area contributed by atoms with E-state index in [1.54, 1.807) is 0 Å². The molecular formula is C19H29N3O. The first-order valence-corrected chi connectivity index (χ1v) is 9.04. The molecule has 2 fully saturated rings. The van der Waals surface area contributed by atoms with E-state index >= 15 is 0 Å². The maximum Gasteiger partial charge on any atom is 0.191 e. The summed E-state index contributed by atoms with van der Waals surface area (Å²) in [6, 6.07) is 11.3. The molecule has 4 nitrogen and oxygen atoms in total. The van der Waals surface area contributed by atoms with Crippen LogP contribution in [0.5, 0.6) is 0 Å². The van der Waals surface area contributed by atoms with Crippen LogP contribution >= 0.6 is 0 Å². The van der Waals surface area contributed by atoms with E-state index in [1.165, 1.54) is 24.8 Å². The number of hydrogen-bond donors (Lipinski definition) is 2. The monoisotopic (exact) mass is 315 g/mol. The summed E-state index contributed by atoms with van der Waals surface area (Å²) in [4.78, 5) is 4.67. The van der Waals surface area contributed by atoms with Gasteiger partial charge in [0.2, 0.25) is 0 Å². The third-order valence-electron chi connectivity index (χ3n) is 4.45. The quantitative estimate of drug-likeness (QED) is 0.418. The third-order valence-corrected chi connectivity index (χ3v) is 4.45. The molecule has 2 saturated carbocycles. The van der Waals surface area contributed by atoms with E-state index in [4.69, 9.17) is 4.74 Å². The summed E-state index contributed by atoms with van der Waals surface area (Å²) in [5, 5.41) is 6.90. The number of rotatable bonds is 9. The second kappa shape index (κ2) is 8.34. The molecule has 23 heavy (non-hydrogen) atoms. The van der Waals surface area contributed by atoms with Crippen LogP contribution in [0.2, 0.25) is 0 Å². The molecular weight excluding hydrogens is 286 g/mol. The summed E-state index contributed by atoms with van der Waals surface area (Å²) in [6.45, 7) is 5.60. The summed E-state index contributed by atoms with van der Waals surface area (Å²) in [5.41, 5.74) is 1.43. The average molecular weight is 315 g/mol. The van der Waals surface area contributed by atoms with Gasteiger partial charge in [0.05, 0.1) is 0 Å². The Morgan fingerprint density at radius 2 is 2.09 bits per heavy atom. The average Bonchev–Trinajstić information content (AvgIpc) is 3.47. The van der Waals surface area contributed by atoms with Crippen LogP contribution in [-0.4, -0.2) is 38.3 Å². The number of nitrogens with one attached hydrogen (secondary N) is 2. The van der Waals surface area contributed by atoms with E-state index in [1.807, 2.05) is 0 Å². The fourth-order valence-electron chi connectivity index (χ4n) is 2.81. The van der Waals surface area contributed by atoms with Crippen molar-refractivity contribution in [3.05, 3.63) is 35.9 Å². The van der Waals surface area contributed by atoms with Crippen molar-refractivity contribution in [1.82, 2.24) is 10.6 Å². The molecule has 1 aromatic carbocycles. The summed E-state index contributed by atoms with van der Waals surface area (Å²) < 4.78 is 5.66. The predicted molar refractivity (Wildman–Crippen MR) is 94.9 cm³/mol. The highest BCUT2D eigenvalue weighted by atomic mass is 16.5. The molecule has 0 aromatic heterocycles. The van der Waals surface area contributed by atoms with Crippen LogP contribution in [0.1, 0.15) is 44.1 Å². The topological polar surface area (TPSA) is 45.7 Å². The molecule has 0 heterocycles. The Morgan fingerprint density at radius 3 is 2.83 bits per heavy atom. The molecule has 0 aliphatic heterocycles. The Hall–Kier alpha value is -1.55. The highest BCUT2D eigenvalue weighted by Crippen LogP contribution is 2.40. The summed E-state index contributed by atoms with van der Waals surface area (Å²) in [7, 11) is 0. The SMILES string of the molecule is CCNC(=NCCCOCC1CC1)NC1CC1c1ccccc1. The Balaban J connectivity index is 1.37. The van der Waals surface area contributed by atoms with Gasteiger partial charge in [-0.15, -0.1) is 0 Å². The van der Waals surface area contributed by atoms with Crippen molar-refractivity contribution in [2.24, 2.45) is 10.9 Å². The van der Waals surface area contributed by atoms with E-state index in [0.717, 1.165) is 44.6 Å². The van der Waals surface area contributed by atoms with Crippen LogP contribution in [0.4, 0.5) is 0 Å². The Bertz CT molecular complexity index is 499. The maximum atomic E-state index is 5.66. The van der Waals surface area contributed by atoms with Crippen molar-refractivity contribution in [3.8, 4) is 0 Å². The molecule has 4 heteroatoms. The highest BCUT2D eigenvalue weighted by molar-refractivity contribution is 5.80. The van der Waals surface area contributed by atoms with Crippen LogP contribution < -0.4 is 10.6 Å². The van der Waals surface area contributed by atoms with Crippen molar-refractivity contribution in [2.45, 2.75) is 44.6 Å². The number of hydrogen-bond acceptors (Lipinski definition) is 2. The summed E-state index contributed by atoms with van der Waals surface area (Å²) in [6.07, 6.45) is 4.90. The lowest BCUT2D eigenvalue weighted by Gasteiger charge is -2.11. The normalized spacial score (nSPS) is 23.6. The minimum absolute atomic E-state index is 0.515. The Morgan fingerprint density at radius 1 is 1.26 bits per heavy atom. The van der Waals surface area contributed by atoms with Crippen molar-refractivity contribution in [1.29, 1.82) is 0 Å².